The van der Waals surface area contributed by atoms with E-state index in [1.54, 1.807) is 12.1 Å². The van der Waals surface area contributed by atoms with Crippen molar-refractivity contribution in [3.63, 3.8) is 0 Å². The Morgan fingerprint density at radius 1 is 1.41 bits per heavy atom. The maximum absolute atomic E-state index is 11.0. The van der Waals surface area contributed by atoms with Crippen LogP contribution < -0.4 is 5.32 Å². The summed E-state index contributed by atoms with van der Waals surface area (Å²) in [6.45, 7) is 6.12. The van der Waals surface area contributed by atoms with Crippen molar-refractivity contribution in [1.82, 2.24) is 0 Å². The van der Waals surface area contributed by atoms with Gasteiger partial charge in [-0.2, -0.15) is 0 Å². The highest BCUT2D eigenvalue weighted by Crippen LogP contribution is 2.42. The first-order valence-electron chi connectivity index (χ1n) is 5.94. The lowest BCUT2D eigenvalue weighted by molar-refractivity contribution is -0.384. The Balaban J connectivity index is 2.33. The predicted octanol–water partition coefficient (Wildman–Crippen LogP) is 3.50. The van der Waals surface area contributed by atoms with E-state index in [9.17, 15) is 10.1 Å². The van der Waals surface area contributed by atoms with Gasteiger partial charge in [-0.15, -0.1) is 0 Å². The van der Waals surface area contributed by atoms with Crippen molar-refractivity contribution in [2.24, 2.45) is 5.92 Å². The zero-order valence-corrected chi connectivity index (χ0v) is 10.5. The lowest BCUT2D eigenvalue weighted by Gasteiger charge is -2.28. The Bertz CT molecular complexity index is 451. The largest absolute Gasteiger partial charge is 0.374 e. The summed E-state index contributed by atoms with van der Waals surface area (Å²) >= 11 is 0. The fourth-order valence-corrected chi connectivity index (χ4v) is 2.20. The summed E-state index contributed by atoms with van der Waals surface area (Å²) in [5.41, 5.74) is 1.68. The fraction of sp³-hybridized carbons (Fsp3) is 0.538. The van der Waals surface area contributed by atoms with Crippen LogP contribution in [0.3, 0.4) is 0 Å². The topological polar surface area (TPSA) is 55.2 Å². The van der Waals surface area contributed by atoms with E-state index in [1.165, 1.54) is 12.8 Å². The van der Waals surface area contributed by atoms with Crippen LogP contribution >= 0.6 is 0 Å². The van der Waals surface area contributed by atoms with Gasteiger partial charge in [0.15, 0.2) is 0 Å². The smallest absolute Gasteiger partial charge is 0.292 e. The summed E-state index contributed by atoms with van der Waals surface area (Å²) < 4.78 is 0. The Hall–Kier alpha value is -1.58. The number of anilines is 1. The van der Waals surface area contributed by atoms with Crippen LogP contribution in [0.15, 0.2) is 18.2 Å². The molecule has 17 heavy (non-hydrogen) atoms. The van der Waals surface area contributed by atoms with Gasteiger partial charge in [0.25, 0.3) is 5.69 Å². The highest BCUT2D eigenvalue weighted by Gasteiger charge is 2.38. The second kappa shape index (κ2) is 4.02. The van der Waals surface area contributed by atoms with E-state index in [0.717, 1.165) is 5.56 Å². The summed E-state index contributed by atoms with van der Waals surface area (Å²) in [7, 11) is 0. The molecule has 1 fully saturated rings. The van der Waals surface area contributed by atoms with Gasteiger partial charge in [-0.05, 0) is 45.1 Å². The summed E-state index contributed by atoms with van der Waals surface area (Å²) in [6.07, 6.45) is 2.42. The Morgan fingerprint density at radius 2 is 2.06 bits per heavy atom. The SMILES string of the molecule is Cc1cccc([N+](=O)[O-])c1NC(C)(C)C1CC1. The molecule has 0 spiro atoms. The molecule has 0 saturated heterocycles. The number of nitro benzene ring substituents is 1. The standard InChI is InChI=1S/C13H18N2O2/c1-9-5-4-6-11(15(16)17)12(9)14-13(2,3)10-7-8-10/h4-6,10,14H,7-8H2,1-3H3. The molecule has 1 aromatic rings. The molecule has 0 unspecified atom stereocenters. The molecule has 4 nitrogen and oxygen atoms in total. The fourth-order valence-electron chi connectivity index (χ4n) is 2.20. The van der Waals surface area contributed by atoms with Gasteiger partial charge in [0.1, 0.15) is 5.69 Å². The first kappa shape index (κ1) is 11.9. The van der Waals surface area contributed by atoms with Crippen LogP contribution in [0.5, 0.6) is 0 Å². The van der Waals surface area contributed by atoms with Crippen molar-refractivity contribution in [2.75, 3.05) is 5.32 Å². The van der Waals surface area contributed by atoms with Gasteiger partial charge in [-0.25, -0.2) is 0 Å². The second-order valence-electron chi connectivity index (χ2n) is 5.35. The Kier molecular flexibility index (Phi) is 2.81. The average Bonchev–Trinajstić information content (AvgIpc) is 3.03. The number of hydrogen-bond donors (Lipinski definition) is 1. The lowest BCUT2D eigenvalue weighted by atomic mass is 9.97. The summed E-state index contributed by atoms with van der Waals surface area (Å²) in [4.78, 5) is 10.7. The van der Waals surface area contributed by atoms with E-state index in [0.29, 0.717) is 11.6 Å². The van der Waals surface area contributed by atoms with E-state index >= 15 is 0 Å². The first-order chi connectivity index (χ1) is 7.92. The van der Waals surface area contributed by atoms with Crippen LogP contribution in [0.4, 0.5) is 11.4 Å². The van der Waals surface area contributed by atoms with Gasteiger partial charge in [0, 0.05) is 11.6 Å². The number of rotatable bonds is 4. The van der Waals surface area contributed by atoms with E-state index < -0.39 is 0 Å². The highest BCUT2D eigenvalue weighted by atomic mass is 16.6. The summed E-state index contributed by atoms with van der Waals surface area (Å²) in [5.74, 6) is 0.627. The predicted molar refractivity (Wildman–Crippen MR) is 68.3 cm³/mol. The van der Waals surface area contributed by atoms with Crippen LogP contribution in [0, 0.1) is 23.0 Å². The molecule has 0 heterocycles. The Morgan fingerprint density at radius 3 is 2.59 bits per heavy atom. The van der Waals surface area contributed by atoms with Crippen LogP contribution in [0.25, 0.3) is 0 Å². The van der Waals surface area contributed by atoms with Crippen LogP contribution in [0.1, 0.15) is 32.3 Å². The van der Waals surface area contributed by atoms with Gasteiger partial charge < -0.3 is 5.32 Å². The van der Waals surface area contributed by atoms with Gasteiger partial charge in [0.2, 0.25) is 0 Å². The lowest BCUT2D eigenvalue weighted by Crippen LogP contribution is -2.33. The molecule has 0 atom stereocenters. The molecule has 1 saturated carbocycles. The Labute approximate surface area is 101 Å². The normalized spacial score (nSPS) is 15.7. The molecule has 2 rings (SSSR count). The zero-order chi connectivity index (χ0) is 12.6. The molecule has 1 aliphatic carbocycles. The third-order valence-electron chi connectivity index (χ3n) is 3.49. The maximum atomic E-state index is 11.0. The average molecular weight is 234 g/mol. The summed E-state index contributed by atoms with van der Waals surface area (Å²) in [5, 5.41) is 14.4. The zero-order valence-electron chi connectivity index (χ0n) is 10.5. The number of para-hydroxylation sites is 1. The number of hydrogen-bond acceptors (Lipinski definition) is 3. The van der Waals surface area contributed by atoms with Crippen LogP contribution in [-0.4, -0.2) is 10.5 Å². The number of benzene rings is 1. The third-order valence-corrected chi connectivity index (χ3v) is 3.49. The number of nitrogens with zero attached hydrogens (tertiary/aromatic N) is 1. The molecule has 0 amide bonds. The van der Waals surface area contributed by atoms with Gasteiger partial charge in [-0.3, -0.25) is 10.1 Å². The van der Waals surface area contributed by atoms with Crippen molar-refractivity contribution >= 4 is 11.4 Å². The van der Waals surface area contributed by atoms with Crippen molar-refractivity contribution in [1.29, 1.82) is 0 Å². The van der Waals surface area contributed by atoms with Crippen molar-refractivity contribution < 1.29 is 4.92 Å². The number of aryl methyl sites for hydroxylation is 1. The van der Waals surface area contributed by atoms with Crippen molar-refractivity contribution in [3.8, 4) is 0 Å². The van der Waals surface area contributed by atoms with E-state index in [2.05, 4.69) is 19.2 Å². The van der Waals surface area contributed by atoms with E-state index in [-0.39, 0.29) is 16.1 Å². The van der Waals surface area contributed by atoms with Crippen molar-refractivity contribution in [2.45, 2.75) is 39.2 Å². The van der Waals surface area contributed by atoms with Crippen LogP contribution in [0.2, 0.25) is 0 Å². The van der Waals surface area contributed by atoms with Gasteiger partial charge >= 0.3 is 0 Å². The van der Waals surface area contributed by atoms with Crippen molar-refractivity contribution in [3.05, 3.63) is 33.9 Å². The molecular weight excluding hydrogens is 216 g/mol. The van der Waals surface area contributed by atoms with Crippen LogP contribution in [-0.2, 0) is 0 Å². The molecule has 92 valence electrons. The minimum absolute atomic E-state index is 0.0725. The molecule has 1 aliphatic rings. The van der Waals surface area contributed by atoms with Gasteiger partial charge in [-0.1, -0.05) is 12.1 Å². The second-order valence-corrected chi connectivity index (χ2v) is 5.35. The molecule has 0 bridgehead atoms. The van der Waals surface area contributed by atoms with Gasteiger partial charge in [0.05, 0.1) is 4.92 Å². The molecule has 0 radical (unpaired) electrons. The number of nitro groups is 1. The molecule has 4 heteroatoms. The number of nitrogens with one attached hydrogen (secondary N) is 1. The molecule has 1 N–H and O–H groups in total. The minimum Gasteiger partial charge on any atom is -0.374 e. The highest BCUT2D eigenvalue weighted by molar-refractivity contribution is 5.67. The summed E-state index contributed by atoms with van der Waals surface area (Å²) in [6, 6.07) is 5.18. The molecule has 0 aliphatic heterocycles. The molecule has 0 aromatic heterocycles. The minimum atomic E-state index is -0.321. The molecular formula is C13H18N2O2. The van der Waals surface area contributed by atoms with E-state index in [1.807, 2.05) is 13.0 Å². The first-order valence-corrected chi connectivity index (χ1v) is 5.94. The third kappa shape index (κ3) is 2.40. The van der Waals surface area contributed by atoms with E-state index in [4.69, 9.17) is 0 Å². The molecule has 1 aromatic carbocycles. The quantitative estimate of drug-likeness (QED) is 0.640. The monoisotopic (exact) mass is 234 g/mol. The maximum Gasteiger partial charge on any atom is 0.292 e.